The van der Waals surface area contributed by atoms with E-state index in [2.05, 4.69) is 15.4 Å². The van der Waals surface area contributed by atoms with Crippen molar-refractivity contribution in [2.75, 3.05) is 6.54 Å². The van der Waals surface area contributed by atoms with Crippen molar-refractivity contribution in [2.24, 2.45) is 0 Å². The first-order chi connectivity index (χ1) is 11.6. The SMILES string of the molecule is CC(C)c1nc(C(=O)NCC(C)(O)C(=O)O)nn1-c1ccccc1Cl. The van der Waals surface area contributed by atoms with E-state index in [1.165, 1.54) is 4.68 Å². The van der Waals surface area contributed by atoms with E-state index in [0.29, 0.717) is 16.5 Å². The first kappa shape index (κ1) is 18.9. The number of amides is 1. The molecule has 1 aromatic carbocycles. The smallest absolute Gasteiger partial charge is 0.337 e. The molecule has 25 heavy (non-hydrogen) atoms. The van der Waals surface area contributed by atoms with E-state index in [1.54, 1.807) is 24.3 Å². The lowest BCUT2D eigenvalue weighted by Crippen LogP contribution is -2.46. The van der Waals surface area contributed by atoms with Crippen LogP contribution in [0.2, 0.25) is 5.02 Å². The lowest BCUT2D eigenvalue weighted by atomic mass is 10.1. The molecular weight excluding hydrogens is 348 g/mol. The van der Waals surface area contributed by atoms with Crippen molar-refractivity contribution in [1.29, 1.82) is 0 Å². The number of para-hydroxylation sites is 1. The number of nitrogens with zero attached hydrogens (tertiary/aromatic N) is 3. The van der Waals surface area contributed by atoms with Crippen LogP contribution >= 0.6 is 11.6 Å². The number of carbonyl (C=O) groups excluding carboxylic acids is 1. The Kier molecular flexibility index (Phi) is 5.44. The Balaban J connectivity index is 2.32. The molecule has 0 bridgehead atoms. The van der Waals surface area contributed by atoms with E-state index in [1.807, 2.05) is 13.8 Å². The molecule has 0 saturated heterocycles. The van der Waals surface area contributed by atoms with Crippen molar-refractivity contribution in [1.82, 2.24) is 20.1 Å². The summed E-state index contributed by atoms with van der Waals surface area (Å²) < 4.78 is 1.48. The molecule has 0 saturated carbocycles. The Morgan fingerprint density at radius 3 is 2.56 bits per heavy atom. The molecule has 1 unspecified atom stereocenters. The first-order valence-corrected chi connectivity index (χ1v) is 7.97. The summed E-state index contributed by atoms with van der Waals surface area (Å²) in [5.74, 6) is -1.76. The van der Waals surface area contributed by atoms with Gasteiger partial charge in [-0.25, -0.2) is 14.5 Å². The van der Waals surface area contributed by atoms with Gasteiger partial charge in [0.15, 0.2) is 5.60 Å². The number of aliphatic hydroxyl groups is 1. The number of nitrogens with one attached hydrogen (secondary N) is 1. The predicted octanol–water partition coefficient (Wildman–Crippen LogP) is 1.61. The molecular formula is C16H19ClN4O4. The van der Waals surface area contributed by atoms with Gasteiger partial charge in [-0.05, 0) is 19.1 Å². The summed E-state index contributed by atoms with van der Waals surface area (Å²) in [4.78, 5) is 27.3. The number of aromatic nitrogens is 3. The highest BCUT2D eigenvalue weighted by atomic mass is 35.5. The fourth-order valence-electron chi connectivity index (χ4n) is 2.00. The molecule has 2 rings (SSSR count). The zero-order chi connectivity index (χ0) is 18.8. The fourth-order valence-corrected chi connectivity index (χ4v) is 2.22. The number of hydrogen-bond acceptors (Lipinski definition) is 5. The van der Waals surface area contributed by atoms with Crippen molar-refractivity contribution < 1.29 is 19.8 Å². The van der Waals surface area contributed by atoms with Crippen LogP contribution in [0.15, 0.2) is 24.3 Å². The summed E-state index contributed by atoms with van der Waals surface area (Å²) in [6, 6.07) is 7.02. The maximum absolute atomic E-state index is 12.2. The zero-order valence-corrected chi connectivity index (χ0v) is 14.8. The molecule has 3 N–H and O–H groups in total. The fraction of sp³-hybridized carbons (Fsp3) is 0.375. The van der Waals surface area contributed by atoms with Gasteiger partial charge in [0, 0.05) is 5.92 Å². The van der Waals surface area contributed by atoms with E-state index < -0.39 is 24.0 Å². The maximum atomic E-state index is 12.2. The van der Waals surface area contributed by atoms with Crippen molar-refractivity contribution in [2.45, 2.75) is 32.3 Å². The number of rotatable bonds is 6. The highest BCUT2D eigenvalue weighted by molar-refractivity contribution is 6.32. The average molecular weight is 367 g/mol. The lowest BCUT2D eigenvalue weighted by Gasteiger charge is -2.17. The summed E-state index contributed by atoms with van der Waals surface area (Å²) in [6.07, 6.45) is 0. The Hall–Kier alpha value is -2.45. The minimum atomic E-state index is -2.08. The van der Waals surface area contributed by atoms with Crippen LogP contribution in [0.4, 0.5) is 0 Å². The van der Waals surface area contributed by atoms with Gasteiger partial charge in [0.05, 0.1) is 17.3 Å². The van der Waals surface area contributed by atoms with Crippen LogP contribution in [-0.4, -0.2) is 49.0 Å². The number of hydrogen-bond donors (Lipinski definition) is 3. The van der Waals surface area contributed by atoms with Gasteiger partial charge in [0.2, 0.25) is 5.82 Å². The van der Waals surface area contributed by atoms with E-state index in [-0.39, 0.29) is 11.7 Å². The molecule has 1 aromatic heterocycles. The van der Waals surface area contributed by atoms with Gasteiger partial charge in [0.1, 0.15) is 5.82 Å². The van der Waals surface area contributed by atoms with Crippen LogP contribution in [0, 0.1) is 0 Å². The number of benzene rings is 1. The van der Waals surface area contributed by atoms with Gasteiger partial charge >= 0.3 is 5.97 Å². The minimum Gasteiger partial charge on any atom is -0.479 e. The zero-order valence-electron chi connectivity index (χ0n) is 14.0. The van der Waals surface area contributed by atoms with Crippen LogP contribution < -0.4 is 5.32 Å². The van der Waals surface area contributed by atoms with Crippen LogP contribution in [-0.2, 0) is 4.79 Å². The van der Waals surface area contributed by atoms with Crippen LogP contribution in [0.1, 0.15) is 43.1 Å². The summed E-state index contributed by atoms with van der Waals surface area (Å²) in [5, 5.41) is 25.5. The largest absolute Gasteiger partial charge is 0.479 e. The molecule has 1 heterocycles. The minimum absolute atomic E-state index is 0.0348. The normalized spacial score (nSPS) is 13.5. The second-order valence-electron chi connectivity index (χ2n) is 6.07. The topological polar surface area (TPSA) is 117 Å². The highest BCUT2D eigenvalue weighted by Gasteiger charge is 2.31. The van der Waals surface area contributed by atoms with Crippen molar-refractivity contribution in [3.8, 4) is 5.69 Å². The molecule has 134 valence electrons. The number of carboxylic acids is 1. The second kappa shape index (κ2) is 7.20. The molecule has 0 aliphatic rings. The van der Waals surface area contributed by atoms with Gasteiger partial charge in [-0.15, -0.1) is 5.10 Å². The molecule has 8 nitrogen and oxygen atoms in total. The van der Waals surface area contributed by atoms with Gasteiger partial charge in [0.25, 0.3) is 5.91 Å². The average Bonchev–Trinajstić information content (AvgIpc) is 2.98. The van der Waals surface area contributed by atoms with Gasteiger partial charge < -0.3 is 15.5 Å². The van der Waals surface area contributed by atoms with Crippen LogP contribution in [0.3, 0.4) is 0 Å². The molecule has 0 aliphatic heterocycles. The Morgan fingerprint density at radius 1 is 1.36 bits per heavy atom. The predicted molar refractivity (Wildman–Crippen MR) is 91.1 cm³/mol. The summed E-state index contributed by atoms with van der Waals surface area (Å²) >= 11 is 6.19. The number of halogens is 1. The van der Waals surface area contributed by atoms with E-state index in [9.17, 15) is 14.7 Å². The van der Waals surface area contributed by atoms with Crippen LogP contribution in [0.5, 0.6) is 0 Å². The molecule has 0 fully saturated rings. The maximum Gasteiger partial charge on any atom is 0.337 e. The quantitative estimate of drug-likeness (QED) is 0.715. The van der Waals surface area contributed by atoms with Crippen molar-refractivity contribution >= 4 is 23.5 Å². The number of aliphatic carboxylic acids is 1. The molecule has 0 spiro atoms. The first-order valence-electron chi connectivity index (χ1n) is 7.59. The monoisotopic (exact) mass is 366 g/mol. The number of carbonyl (C=O) groups is 2. The van der Waals surface area contributed by atoms with E-state index in [4.69, 9.17) is 16.7 Å². The van der Waals surface area contributed by atoms with Gasteiger partial charge in [-0.1, -0.05) is 37.6 Å². The third kappa shape index (κ3) is 4.15. The van der Waals surface area contributed by atoms with Crippen molar-refractivity contribution in [3.63, 3.8) is 0 Å². The molecule has 1 amide bonds. The van der Waals surface area contributed by atoms with Gasteiger partial charge in [-0.3, -0.25) is 4.79 Å². The molecule has 9 heteroatoms. The van der Waals surface area contributed by atoms with Crippen LogP contribution in [0.25, 0.3) is 5.69 Å². The Morgan fingerprint density at radius 2 is 2.00 bits per heavy atom. The summed E-state index contributed by atoms with van der Waals surface area (Å²) in [5.41, 5.74) is -1.50. The molecule has 0 radical (unpaired) electrons. The molecule has 1 atom stereocenters. The second-order valence-corrected chi connectivity index (χ2v) is 6.48. The van der Waals surface area contributed by atoms with E-state index in [0.717, 1.165) is 6.92 Å². The standard InChI is InChI=1S/C16H19ClN4O4/c1-9(2)13-19-12(14(22)18-8-16(3,25)15(23)24)20-21(13)11-7-5-4-6-10(11)17/h4-7,9,25H,8H2,1-3H3,(H,18,22)(H,23,24). The van der Waals surface area contributed by atoms with Gasteiger partial charge in [-0.2, -0.15) is 0 Å². The Labute approximate surface area is 149 Å². The molecule has 2 aromatic rings. The summed E-state index contributed by atoms with van der Waals surface area (Å²) in [6.45, 7) is 4.41. The number of carboxylic acid groups (broad SMARTS) is 1. The highest BCUT2D eigenvalue weighted by Crippen LogP contribution is 2.23. The lowest BCUT2D eigenvalue weighted by molar-refractivity contribution is -0.155. The molecule has 0 aliphatic carbocycles. The third-order valence-electron chi connectivity index (χ3n) is 3.49. The third-order valence-corrected chi connectivity index (χ3v) is 3.81. The van der Waals surface area contributed by atoms with Crippen molar-refractivity contribution in [3.05, 3.63) is 40.9 Å². The summed E-state index contributed by atoms with van der Waals surface area (Å²) in [7, 11) is 0. The van der Waals surface area contributed by atoms with E-state index >= 15 is 0 Å². The Bertz CT molecular complexity index is 801.